The summed E-state index contributed by atoms with van der Waals surface area (Å²) in [7, 11) is 0. The molecule has 0 aliphatic heterocycles. The number of carboxylic acid groups (broad SMARTS) is 1. The van der Waals surface area contributed by atoms with Gasteiger partial charge in [0.2, 0.25) is 0 Å². The van der Waals surface area contributed by atoms with Crippen molar-refractivity contribution in [1.29, 1.82) is 0 Å². The lowest BCUT2D eigenvalue weighted by atomic mass is 10.0. The van der Waals surface area contributed by atoms with Crippen LogP contribution in [0.3, 0.4) is 0 Å². The number of rotatable bonds is 5. The number of hydrogen-bond donors (Lipinski definition) is 3. The Kier molecular flexibility index (Phi) is 5.17. The molecule has 3 N–H and O–H groups in total. The molecule has 7 nitrogen and oxygen atoms in total. The van der Waals surface area contributed by atoms with Gasteiger partial charge in [0.05, 0.1) is 17.0 Å². The van der Waals surface area contributed by atoms with Crippen LogP contribution in [0.5, 0.6) is 0 Å². The summed E-state index contributed by atoms with van der Waals surface area (Å²) in [6, 6.07) is 15.9. The van der Waals surface area contributed by atoms with E-state index in [1.54, 1.807) is 0 Å². The number of carboxylic acids is 1. The van der Waals surface area contributed by atoms with Gasteiger partial charge in [-0.2, -0.15) is 0 Å². The molecule has 0 aliphatic rings. The molecule has 2 aromatic carbocycles. The van der Waals surface area contributed by atoms with Gasteiger partial charge < -0.3 is 19.8 Å². The van der Waals surface area contributed by atoms with Crippen LogP contribution in [0.15, 0.2) is 70.0 Å². The van der Waals surface area contributed by atoms with Gasteiger partial charge in [-0.3, -0.25) is 4.79 Å². The van der Waals surface area contributed by atoms with Crippen molar-refractivity contribution in [3.8, 4) is 11.3 Å². The molecule has 0 fully saturated rings. The van der Waals surface area contributed by atoms with E-state index in [1.165, 1.54) is 24.4 Å². The summed E-state index contributed by atoms with van der Waals surface area (Å²) in [4.78, 5) is 31.9. The second-order valence-electron chi connectivity index (χ2n) is 8.56. The number of benzene rings is 2. The molecule has 0 aliphatic carbocycles. The van der Waals surface area contributed by atoms with E-state index >= 15 is 0 Å². The molecule has 0 saturated heterocycles. The highest BCUT2D eigenvalue weighted by atomic mass is 16.4. The Morgan fingerprint density at radius 1 is 1.09 bits per heavy atom. The SMILES string of the molecule is Cc1cc(C(C)Nc2cc(C(=O)O)ccn2)c2oc(-c3ccc4[nH]c(C)cc4c3)cc(=O)c2c1. The van der Waals surface area contributed by atoms with Gasteiger partial charge in [-0.15, -0.1) is 0 Å². The minimum Gasteiger partial charge on any atom is -0.478 e. The summed E-state index contributed by atoms with van der Waals surface area (Å²) in [5, 5.41) is 14.0. The number of H-pyrrole nitrogens is 1. The number of pyridine rings is 1. The van der Waals surface area contributed by atoms with Crippen molar-refractivity contribution in [3.63, 3.8) is 0 Å². The summed E-state index contributed by atoms with van der Waals surface area (Å²) >= 11 is 0. The first kappa shape index (κ1) is 21.5. The summed E-state index contributed by atoms with van der Waals surface area (Å²) in [5.41, 5.74) is 5.12. The summed E-state index contributed by atoms with van der Waals surface area (Å²) in [6.07, 6.45) is 1.45. The molecule has 0 bridgehead atoms. The summed E-state index contributed by atoms with van der Waals surface area (Å²) in [6.45, 7) is 5.85. The lowest BCUT2D eigenvalue weighted by Gasteiger charge is -2.18. The van der Waals surface area contributed by atoms with Crippen molar-refractivity contribution in [1.82, 2.24) is 9.97 Å². The van der Waals surface area contributed by atoms with Gasteiger partial charge in [0.25, 0.3) is 0 Å². The summed E-state index contributed by atoms with van der Waals surface area (Å²) in [5.74, 6) is -0.111. The van der Waals surface area contributed by atoms with E-state index < -0.39 is 5.97 Å². The van der Waals surface area contributed by atoms with E-state index in [0.29, 0.717) is 22.5 Å². The first-order valence-electron chi connectivity index (χ1n) is 10.9. The standard InChI is InChI=1S/C27H23N3O4/c1-14-8-20(16(3)30-25-12-18(27(32)33)6-7-28-25)26-21(9-14)23(31)13-24(34-26)17-4-5-22-19(11-17)10-15(2)29-22/h4-13,16,29H,1-3H3,(H,28,30)(H,32,33). The molecule has 3 heterocycles. The number of fused-ring (bicyclic) bond motifs is 2. The van der Waals surface area contributed by atoms with Crippen LogP contribution in [0.1, 0.15) is 40.1 Å². The molecular weight excluding hydrogens is 430 g/mol. The number of nitrogens with zero attached hydrogens (tertiary/aromatic N) is 1. The van der Waals surface area contributed by atoms with Gasteiger partial charge in [-0.05, 0) is 68.8 Å². The van der Waals surface area contributed by atoms with Crippen molar-refractivity contribution in [2.24, 2.45) is 0 Å². The number of aromatic nitrogens is 2. The van der Waals surface area contributed by atoms with Gasteiger partial charge >= 0.3 is 5.97 Å². The van der Waals surface area contributed by atoms with Crippen molar-refractivity contribution in [2.45, 2.75) is 26.8 Å². The predicted molar refractivity (Wildman–Crippen MR) is 132 cm³/mol. The maximum Gasteiger partial charge on any atom is 0.335 e. The van der Waals surface area contributed by atoms with Gasteiger partial charge in [0.15, 0.2) is 5.43 Å². The Bertz CT molecular complexity index is 1630. The Hall–Kier alpha value is -4.39. The minimum atomic E-state index is -1.02. The largest absolute Gasteiger partial charge is 0.478 e. The minimum absolute atomic E-state index is 0.121. The molecule has 1 unspecified atom stereocenters. The molecule has 1 atom stereocenters. The second kappa shape index (κ2) is 8.19. The number of carbonyl (C=O) groups is 1. The first-order valence-corrected chi connectivity index (χ1v) is 10.9. The average molecular weight is 453 g/mol. The third-order valence-corrected chi connectivity index (χ3v) is 5.88. The number of aromatic carboxylic acids is 1. The van der Waals surface area contributed by atoms with Gasteiger partial charge in [-0.1, -0.05) is 6.07 Å². The Morgan fingerprint density at radius 3 is 2.71 bits per heavy atom. The fourth-order valence-electron chi connectivity index (χ4n) is 4.27. The normalized spacial score (nSPS) is 12.2. The van der Waals surface area contributed by atoms with Crippen molar-refractivity contribution in [3.05, 3.63) is 93.4 Å². The monoisotopic (exact) mass is 453 g/mol. The third kappa shape index (κ3) is 3.92. The van der Waals surface area contributed by atoms with E-state index in [2.05, 4.69) is 21.4 Å². The molecule has 34 heavy (non-hydrogen) atoms. The van der Waals surface area contributed by atoms with Gasteiger partial charge in [-0.25, -0.2) is 9.78 Å². The molecular formula is C27H23N3O4. The van der Waals surface area contributed by atoms with Gasteiger partial charge in [0, 0.05) is 40.0 Å². The number of aryl methyl sites for hydroxylation is 2. The predicted octanol–water partition coefficient (Wildman–Crippen LogP) is 5.82. The maximum atomic E-state index is 13.1. The van der Waals surface area contributed by atoms with E-state index in [9.17, 15) is 14.7 Å². The maximum absolute atomic E-state index is 13.1. The van der Waals surface area contributed by atoms with Crippen molar-refractivity contribution >= 4 is 33.7 Å². The van der Waals surface area contributed by atoms with Crippen LogP contribution < -0.4 is 10.7 Å². The number of hydrogen-bond acceptors (Lipinski definition) is 5. The zero-order chi connectivity index (χ0) is 24.0. The van der Waals surface area contributed by atoms with Crippen molar-refractivity contribution in [2.75, 3.05) is 5.32 Å². The third-order valence-electron chi connectivity index (χ3n) is 5.88. The lowest BCUT2D eigenvalue weighted by molar-refractivity contribution is 0.0696. The first-order chi connectivity index (χ1) is 16.3. The number of anilines is 1. The highest BCUT2D eigenvalue weighted by molar-refractivity contribution is 5.89. The van der Waals surface area contributed by atoms with Crippen LogP contribution in [0.25, 0.3) is 33.2 Å². The zero-order valence-corrected chi connectivity index (χ0v) is 19.0. The average Bonchev–Trinajstić information content (AvgIpc) is 3.18. The van der Waals surface area contributed by atoms with E-state index in [1.807, 2.05) is 51.1 Å². The number of aromatic amines is 1. The smallest absolute Gasteiger partial charge is 0.335 e. The van der Waals surface area contributed by atoms with Crippen molar-refractivity contribution < 1.29 is 14.3 Å². The highest BCUT2D eigenvalue weighted by Crippen LogP contribution is 2.31. The zero-order valence-electron chi connectivity index (χ0n) is 19.0. The van der Waals surface area contributed by atoms with Crippen LogP contribution >= 0.6 is 0 Å². The quantitative estimate of drug-likeness (QED) is 0.309. The highest BCUT2D eigenvalue weighted by Gasteiger charge is 2.17. The van der Waals surface area contributed by atoms with Gasteiger partial charge in [0.1, 0.15) is 17.2 Å². The lowest BCUT2D eigenvalue weighted by Crippen LogP contribution is -2.11. The second-order valence-corrected chi connectivity index (χ2v) is 8.56. The fraction of sp³-hybridized carbons (Fsp3) is 0.148. The Labute approximate surface area is 195 Å². The Morgan fingerprint density at radius 2 is 1.91 bits per heavy atom. The van der Waals surface area contributed by atoms with E-state index in [-0.39, 0.29) is 17.0 Å². The van der Waals surface area contributed by atoms with E-state index in [0.717, 1.165) is 33.3 Å². The molecule has 0 saturated carbocycles. The van der Waals surface area contributed by atoms with Crippen LogP contribution in [0, 0.1) is 13.8 Å². The summed E-state index contributed by atoms with van der Waals surface area (Å²) < 4.78 is 6.33. The fourth-order valence-corrected chi connectivity index (χ4v) is 4.27. The molecule has 5 rings (SSSR count). The van der Waals surface area contributed by atoms with Crippen LogP contribution in [0.4, 0.5) is 5.82 Å². The van der Waals surface area contributed by atoms with Crippen LogP contribution in [-0.2, 0) is 0 Å². The topological polar surface area (TPSA) is 108 Å². The molecule has 7 heteroatoms. The van der Waals surface area contributed by atoms with Crippen LogP contribution in [-0.4, -0.2) is 21.0 Å². The molecule has 0 radical (unpaired) electrons. The van der Waals surface area contributed by atoms with Crippen LogP contribution in [0.2, 0.25) is 0 Å². The molecule has 5 aromatic rings. The number of nitrogens with one attached hydrogen (secondary N) is 2. The Balaban J connectivity index is 1.61. The molecule has 0 spiro atoms. The van der Waals surface area contributed by atoms with E-state index in [4.69, 9.17) is 4.42 Å². The molecule has 0 amide bonds. The molecule has 3 aromatic heterocycles. The molecule has 170 valence electrons.